The molecule has 0 spiro atoms. The summed E-state index contributed by atoms with van der Waals surface area (Å²) in [6.07, 6.45) is 2.62. The summed E-state index contributed by atoms with van der Waals surface area (Å²) in [5.74, 6) is 2.13. The summed E-state index contributed by atoms with van der Waals surface area (Å²) in [5.41, 5.74) is 5.13. The number of anilines is 1. The molecule has 0 N–H and O–H groups in total. The highest BCUT2D eigenvalue weighted by molar-refractivity contribution is 7.13. The van der Waals surface area contributed by atoms with Gasteiger partial charge in [0.15, 0.2) is 17.5 Å². The Balaban J connectivity index is 1.71. The molecule has 4 heterocycles. The molecule has 7 nitrogen and oxygen atoms in total. The van der Waals surface area contributed by atoms with E-state index in [0.29, 0.717) is 5.82 Å². The molecule has 1 aromatic carbocycles. The molecule has 0 bridgehead atoms. The lowest BCUT2D eigenvalue weighted by atomic mass is 10.1. The van der Waals surface area contributed by atoms with E-state index in [9.17, 15) is 4.39 Å². The highest BCUT2D eigenvalue weighted by Gasteiger charge is 2.36. The fraction of sp³-hybridized carbons (Fsp3) is 0.318. The normalized spacial score (nSPS) is 15.3. The van der Waals surface area contributed by atoms with Crippen molar-refractivity contribution in [2.24, 2.45) is 0 Å². The Morgan fingerprint density at radius 2 is 1.94 bits per heavy atom. The molecule has 0 amide bonds. The molecule has 1 aliphatic rings. The van der Waals surface area contributed by atoms with Gasteiger partial charge in [-0.05, 0) is 51.5 Å². The minimum atomic E-state index is -0.274. The van der Waals surface area contributed by atoms with Crippen LogP contribution in [0.4, 0.5) is 10.2 Å². The molecule has 0 unspecified atom stereocenters. The van der Waals surface area contributed by atoms with E-state index in [2.05, 4.69) is 40.9 Å². The minimum absolute atomic E-state index is 0.0789. The third-order valence-corrected chi connectivity index (χ3v) is 6.39. The van der Waals surface area contributed by atoms with Gasteiger partial charge >= 0.3 is 0 Å². The summed E-state index contributed by atoms with van der Waals surface area (Å²) >= 11 is 1.48. The lowest BCUT2D eigenvalue weighted by Gasteiger charge is -2.40. The van der Waals surface area contributed by atoms with E-state index in [4.69, 9.17) is 9.97 Å². The van der Waals surface area contributed by atoms with Crippen LogP contribution in [0, 0.1) is 12.7 Å². The molecule has 5 rings (SSSR count). The Labute approximate surface area is 183 Å². The molecular weight excluding hydrogens is 413 g/mol. The first kappa shape index (κ1) is 19.7. The van der Waals surface area contributed by atoms with E-state index in [-0.39, 0.29) is 17.9 Å². The fourth-order valence-electron chi connectivity index (χ4n) is 4.23. The summed E-state index contributed by atoms with van der Waals surface area (Å²) in [4.78, 5) is 17.6. The number of benzene rings is 1. The number of halogens is 1. The summed E-state index contributed by atoms with van der Waals surface area (Å²) in [7, 11) is 0. The topological polar surface area (TPSA) is 72.6 Å². The first-order valence-electron chi connectivity index (χ1n) is 10.3. The van der Waals surface area contributed by atoms with Gasteiger partial charge in [-0.1, -0.05) is 6.92 Å². The summed E-state index contributed by atoms with van der Waals surface area (Å²) in [5, 5.41) is 8.55. The highest BCUT2D eigenvalue weighted by Crippen LogP contribution is 2.42. The van der Waals surface area contributed by atoms with Gasteiger partial charge in [-0.15, -0.1) is 21.5 Å². The van der Waals surface area contributed by atoms with Crippen LogP contribution in [0.1, 0.15) is 44.8 Å². The van der Waals surface area contributed by atoms with Gasteiger partial charge in [0.05, 0.1) is 27.8 Å². The molecule has 1 atom stereocenters. The van der Waals surface area contributed by atoms with Gasteiger partial charge in [0.1, 0.15) is 17.8 Å². The molecule has 4 aromatic rings. The highest BCUT2D eigenvalue weighted by atomic mass is 32.1. The molecule has 0 saturated carbocycles. The average molecular weight is 436 g/mol. The van der Waals surface area contributed by atoms with Crippen molar-refractivity contribution in [3.05, 3.63) is 53.4 Å². The van der Waals surface area contributed by atoms with Crippen molar-refractivity contribution in [2.75, 3.05) is 4.90 Å². The summed E-state index contributed by atoms with van der Waals surface area (Å²) in [6, 6.07) is 6.64. The smallest absolute Gasteiger partial charge is 0.174 e. The van der Waals surface area contributed by atoms with Gasteiger partial charge in [0.2, 0.25) is 0 Å². The molecule has 0 fully saturated rings. The van der Waals surface area contributed by atoms with Gasteiger partial charge < -0.3 is 4.90 Å². The van der Waals surface area contributed by atoms with Crippen molar-refractivity contribution < 1.29 is 4.39 Å². The Hall–Kier alpha value is -3.20. The molecule has 9 heteroatoms. The summed E-state index contributed by atoms with van der Waals surface area (Å²) < 4.78 is 15.4. The van der Waals surface area contributed by atoms with Crippen molar-refractivity contribution in [1.29, 1.82) is 0 Å². The number of fused-ring (bicyclic) bond motifs is 3. The second-order valence-corrected chi connectivity index (χ2v) is 8.68. The second-order valence-electron chi connectivity index (χ2n) is 7.83. The maximum absolute atomic E-state index is 13.4. The number of rotatable bonds is 4. The lowest BCUT2D eigenvalue weighted by Crippen LogP contribution is -2.40. The minimum Gasteiger partial charge on any atom is -0.342 e. The van der Waals surface area contributed by atoms with E-state index in [1.807, 2.05) is 11.5 Å². The standard InChI is InChI=1S/C22H22FN7S/c1-5-16-21-28-25-10-29(21)18-13(4)26-20(27-22(18)30(16)12(2)3)19-17(24-11-31-19)14-6-8-15(23)9-7-14/h6-12,16H,5H2,1-4H3/t16-/m1/s1. The fourth-order valence-corrected chi connectivity index (χ4v) is 4.98. The number of aryl methyl sites for hydroxylation is 1. The molecule has 158 valence electrons. The van der Waals surface area contributed by atoms with Crippen molar-refractivity contribution in [3.8, 4) is 27.6 Å². The van der Waals surface area contributed by atoms with E-state index < -0.39 is 0 Å². The first-order chi connectivity index (χ1) is 15.0. The molecule has 1 aliphatic heterocycles. The Kier molecular flexibility index (Phi) is 4.77. The van der Waals surface area contributed by atoms with Gasteiger partial charge in [-0.2, -0.15) is 0 Å². The van der Waals surface area contributed by atoms with Crippen LogP contribution in [0.25, 0.3) is 27.6 Å². The number of thiazole rings is 1. The van der Waals surface area contributed by atoms with E-state index in [0.717, 1.165) is 45.6 Å². The van der Waals surface area contributed by atoms with Gasteiger partial charge in [0.25, 0.3) is 0 Å². The van der Waals surface area contributed by atoms with Crippen LogP contribution in [0.15, 0.2) is 36.1 Å². The largest absolute Gasteiger partial charge is 0.342 e. The van der Waals surface area contributed by atoms with Crippen molar-refractivity contribution >= 4 is 17.2 Å². The van der Waals surface area contributed by atoms with E-state index >= 15 is 0 Å². The Morgan fingerprint density at radius 1 is 1.16 bits per heavy atom. The van der Waals surface area contributed by atoms with Crippen molar-refractivity contribution in [3.63, 3.8) is 0 Å². The molecule has 3 aromatic heterocycles. The number of hydrogen-bond acceptors (Lipinski definition) is 7. The molecule has 0 aliphatic carbocycles. The number of hydrogen-bond donors (Lipinski definition) is 0. The average Bonchev–Trinajstić information content (AvgIpc) is 3.42. The maximum Gasteiger partial charge on any atom is 0.174 e. The first-order valence-corrected chi connectivity index (χ1v) is 11.1. The third-order valence-electron chi connectivity index (χ3n) is 5.56. The van der Waals surface area contributed by atoms with Crippen LogP contribution in [0.5, 0.6) is 0 Å². The van der Waals surface area contributed by atoms with Gasteiger partial charge in [-0.25, -0.2) is 19.3 Å². The van der Waals surface area contributed by atoms with Crippen molar-refractivity contribution in [1.82, 2.24) is 29.7 Å². The number of aromatic nitrogens is 6. The molecular formula is C22H22FN7S. The predicted octanol–water partition coefficient (Wildman–Crippen LogP) is 4.97. The van der Waals surface area contributed by atoms with E-state index in [1.165, 1.54) is 23.5 Å². The Bertz CT molecular complexity index is 1250. The zero-order chi connectivity index (χ0) is 21.7. The Morgan fingerprint density at radius 3 is 2.65 bits per heavy atom. The van der Waals surface area contributed by atoms with Gasteiger partial charge in [0, 0.05) is 11.6 Å². The summed E-state index contributed by atoms with van der Waals surface area (Å²) in [6.45, 7) is 8.45. The van der Waals surface area contributed by atoms with Crippen LogP contribution in [-0.2, 0) is 0 Å². The molecule has 0 saturated heterocycles. The van der Waals surface area contributed by atoms with Crippen molar-refractivity contribution in [2.45, 2.75) is 46.2 Å². The predicted molar refractivity (Wildman–Crippen MR) is 119 cm³/mol. The molecule has 31 heavy (non-hydrogen) atoms. The maximum atomic E-state index is 13.4. The van der Waals surface area contributed by atoms with Crippen LogP contribution in [-0.4, -0.2) is 35.8 Å². The zero-order valence-corrected chi connectivity index (χ0v) is 18.6. The zero-order valence-electron chi connectivity index (χ0n) is 17.7. The monoisotopic (exact) mass is 435 g/mol. The van der Waals surface area contributed by atoms with Gasteiger partial charge in [-0.3, -0.25) is 4.57 Å². The molecule has 0 radical (unpaired) electrons. The second kappa shape index (κ2) is 7.49. The SMILES string of the molecule is CC[C@@H]1c2nncn2-c2c(C)nc(-c3scnc3-c3ccc(F)cc3)nc2N1C(C)C. The third kappa shape index (κ3) is 3.11. The number of nitrogens with zero attached hydrogens (tertiary/aromatic N) is 7. The van der Waals surface area contributed by atoms with Crippen LogP contribution in [0.3, 0.4) is 0 Å². The quantitative estimate of drug-likeness (QED) is 0.450. The van der Waals surface area contributed by atoms with E-state index in [1.54, 1.807) is 24.0 Å². The van der Waals surface area contributed by atoms with Crippen LogP contribution >= 0.6 is 11.3 Å². The van der Waals surface area contributed by atoms with Crippen LogP contribution in [0.2, 0.25) is 0 Å². The van der Waals surface area contributed by atoms with Crippen LogP contribution < -0.4 is 4.90 Å². The lowest BCUT2D eigenvalue weighted by molar-refractivity contribution is 0.497.